The first-order chi connectivity index (χ1) is 3.42. The number of rotatable bonds is 2. The summed E-state index contributed by atoms with van der Waals surface area (Å²) in [5.41, 5.74) is 0. The van der Waals surface area contributed by atoms with Crippen molar-refractivity contribution in [3.05, 3.63) is 0 Å². The van der Waals surface area contributed by atoms with Crippen LogP contribution in [0, 0.1) is 0 Å². The molecule has 0 saturated carbocycles. The monoisotopic (exact) mass is 139 g/mol. The molecule has 0 spiro atoms. The second-order valence-electron chi connectivity index (χ2n) is 1.78. The van der Waals surface area contributed by atoms with Crippen LogP contribution in [0.1, 0.15) is 13.8 Å². The first-order valence-corrected chi connectivity index (χ1v) is 3.12. The molecule has 4 nitrogen and oxygen atoms in total. The van der Waals surface area contributed by atoms with Gasteiger partial charge >= 0.3 is 8.25 Å². The van der Waals surface area contributed by atoms with E-state index in [0.29, 0.717) is 0 Å². The maximum Gasteiger partial charge on any atom is 0.697 e. The van der Waals surface area contributed by atoms with Crippen LogP contribution in [0.15, 0.2) is 0 Å². The van der Waals surface area contributed by atoms with E-state index >= 15 is 0 Å². The van der Waals surface area contributed by atoms with Gasteiger partial charge in [-0.05, 0) is 13.8 Å². The Kier molecular flexibility index (Phi) is 2.50. The lowest BCUT2D eigenvalue weighted by atomic mass is 10.4. The molecule has 48 valence electrons. The van der Waals surface area contributed by atoms with Crippen LogP contribution in [0.2, 0.25) is 0 Å². The van der Waals surface area contributed by atoms with Crippen LogP contribution in [-0.4, -0.2) is 15.8 Å². The van der Waals surface area contributed by atoms with Crippen molar-refractivity contribution in [2.75, 3.05) is 0 Å². The van der Waals surface area contributed by atoms with Gasteiger partial charge in [-0.25, -0.2) is 0 Å². The zero-order valence-electron chi connectivity index (χ0n) is 4.66. The molecule has 0 aliphatic carbocycles. The smallest absolute Gasteiger partial charge is 0.362 e. The topological polar surface area (TPSA) is 66.8 Å². The van der Waals surface area contributed by atoms with Crippen molar-refractivity contribution in [3.8, 4) is 0 Å². The van der Waals surface area contributed by atoms with Crippen LogP contribution in [-0.2, 0) is 9.09 Å². The van der Waals surface area contributed by atoms with Gasteiger partial charge in [0, 0.05) is 4.57 Å². The minimum atomic E-state index is -2.69. The molecule has 0 aliphatic heterocycles. The molecule has 0 fully saturated rings. The lowest BCUT2D eigenvalue weighted by molar-refractivity contribution is -0.105. The Morgan fingerprint density at radius 3 is 2.00 bits per heavy atom. The summed E-state index contributed by atoms with van der Waals surface area (Å²) >= 11 is 0. The van der Waals surface area contributed by atoms with E-state index in [4.69, 9.17) is 10.00 Å². The first-order valence-electron chi connectivity index (χ1n) is 1.99. The summed E-state index contributed by atoms with van der Waals surface area (Å²) in [6, 6.07) is 0. The minimum absolute atomic E-state index is 1.27. The number of aliphatic hydroxyl groups is 1. The molecule has 0 rings (SSSR count). The largest absolute Gasteiger partial charge is 0.697 e. The molecule has 0 aliphatic rings. The van der Waals surface area contributed by atoms with Crippen molar-refractivity contribution in [2.24, 2.45) is 0 Å². The van der Waals surface area contributed by atoms with Crippen LogP contribution in [0.4, 0.5) is 0 Å². The molecule has 0 aromatic rings. The fourth-order valence-corrected chi connectivity index (χ4v) is 0.573. The molecule has 0 aromatic heterocycles. The molecular weight excluding hydrogens is 131 g/mol. The summed E-state index contributed by atoms with van der Waals surface area (Å²) in [7, 11) is -2.69. The standard InChI is InChI=1S/C3H7O4P/c1-3(2,4)7-8(5)6/h4H,1-2H3/p+1. The predicted molar refractivity (Wildman–Crippen MR) is 27.2 cm³/mol. The maximum atomic E-state index is 9.78. The zero-order chi connectivity index (χ0) is 6.78. The van der Waals surface area contributed by atoms with Crippen molar-refractivity contribution < 1.29 is 19.1 Å². The molecule has 0 radical (unpaired) electrons. The predicted octanol–water partition coefficient (Wildman–Crippen LogP) is 0.381. The Hall–Kier alpha value is -0.0200. The highest BCUT2D eigenvalue weighted by molar-refractivity contribution is 7.32. The van der Waals surface area contributed by atoms with E-state index in [2.05, 4.69) is 4.52 Å². The van der Waals surface area contributed by atoms with Crippen molar-refractivity contribution in [1.29, 1.82) is 0 Å². The Morgan fingerprint density at radius 2 is 2.00 bits per heavy atom. The normalized spacial score (nSPS) is 13.8. The lowest BCUT2D eigenvalue weighted by Gasteiger charge is -2.04. The van der Waals surface area contributed by atoms with Gasteiger partial charge < -0.3 is 5.11 Å². The third kappa shape index (κ3) is 5.98. The van der Waals surface area contributed by atoms with Gasteiger partial charge in [-0.2, -0.15) is 0 Å². The molecule has 0 saturated heterocycles. The molecule has 0 amide bonds. The Bertz CT molecular complexity index is 93.9. The van der Waals surface area contributed by atoms with Crippen LogP contribution in [0.3, 0.4) is 0 Å². The summed E-state index contributed by atoms with van der Waals surface area (Å²) in [6.07, 6.45) is 0. The Labute approximate surface area is 48.0 Å². The van der Waals surface area contributed by atoms with Crippen molar-refractivity contribution in [2.45, 2.75) is 19.6 Å². The van der Waals surface area contributed by atoms with Crippen molar-refractivity contribution >= 4 is 8.25 Å². The highest BCUT2D eigenvalue weighted by atomic mass is 31.1. The molecule has 5 heteroatoms. The van der Waals surface area contributed by atoms with Crippen LogP contribution < -0.4 is 0 Å². The van der Waals surface area contributed by atoms with Gasteiger partial charge in [0.2, 0.25) is 5.79 Å². The van der Waals surface area contributed by atoms with Gasteiger partial charge in [0.15, 0.2) is 0 Å². The molecule has 0 aromatic carbocycles. The van der Waals surface area contributed by atoms with E-state index in [9.17, 15) is 4.57 Å². The third-order valence-electron chi connectivity index (χ3n) is 0.301. The molecule has 0 heterocycles. The van der Waals surface area contributed by atoms with Crippen molar-refractivity contribution in [3.63, 3.8) is 0 Å². The minimum Gasteiger partial charge on any atom is -0.362 e. The number of hydrogen-bond donors (Lipinski definition) is 2. The SMILES string of the molecule is CC(C)(O)O[P+](=O)O. The molecule has 1 unspecified atom stereocenters. The molecule has 2 N–H and O–H groups in total. The van der Waals surface area contributed by atoms with E-state index in [1.54, 1.807) is 0 Å². The summed E-state index contributed by atoms with van der Waals surface area (Å²) < 4.78 is 13.8. The van der Waals surface area contributed by atoms with Crippen LogP contribution in [0.5, 0.6) is 0 Å². The summed E-state index contributed by atoms with van der Waals surface area (Å²) in [4.78, 5) is 8.02. The summed E-state index contributed by atoms with van der Waals surface area (Å²) in [5, 5.41) is 8.62. The van der Waals surface area contributed by atoms with Gasteiger partial charge in [0.25, 0.3) is 0 Å². The second-order valence-corrected chi connectivity index (χ2v) is 2.43. The van der Waals surface area contributed by atoms with E-state index in [1.807, 2.05) is 0 Å². The fourth-order valence-electron chi connectivity index (χ4n) is 0.191. The summed E-state index contributed by atoms with van der Waals surface area (Å²) in [5.74, 6) is -1.51. The molecule has 1 atom stereocenters. The van der Waals surface area contributed by atoms with Gasteiger partial charge in [-0.1, -0.05) is 4.52 Å². The zero-order valence-corrected chi connectivity index (χ0v) is 5.55. The van der Waals surface area contributed by atoms with Gasteiger partial charge in [0.05, 0.1) is 0 Å². The third-order valence-corrected chi connectivity index (χ3v) is 0.904. The first kappa shape index (κ1) is 7.98. The maximum absolute atomic E-state index is 9.78. The van der Waals surface area contributed by atoms with E-state index < -0.39 is 14.0 Å². The molecular formula is C3H8O4P+. The number of hydrogen-bond acceptors (Lipinski definition) is 3. The van der Waals surface area contributed by atoms with Crippen LogP contribution in [0.25, 0.3) is 0 Å². The van der Waals surface area contributed by atoms with Gasteiger partial charge in [0.1, 0.15) is 0 Å². The van der Waals surface area contributed by atoms with E-state index in [-0.39, 0.29) is 0 Å². The van der Waals surface area contributed by atoms with E-state index in [0.717, 1.165) is 0 Å². The second kappa shape index (κ2) is 2.51. The molecule has 8 heavy (non-hydrogen) atoms. The summed E-state index contributed by atoms with van der Waals surface area (Å²) in [6.45, 7) is 2.55. The van der Waals surface area contributed by atoms with Crippen LogP contribution >= 0.6 is 8.25 Å². The van der Waals surface area contributed by atoms with Gasteiger partial charge in [-0.3, -0.25) is 0 Å². The van der Waals surface area contributed by atoms with Gasteiger partial charge in [-0.15, -0.1) is 4.89 Å². The quantitative estimate of drug-likeness (QED) is 0.428. The Balaban J connectivity index is 3.55. The van der Waals surface area contributed by atoms with E-state index in [1.165, 1.54) is 13.8 Å². The average molecular weight is 139 g/mol. The highest BCUT2D eigenvalue weighted by Gasteiger charge is 2.27. The highest BCUT2D eigenvalue weighted by Crippen LogP contribution is 2.22. The lowest BCUT2D eigenvalue weighted by Crippen LogP contribution is -2.18. The Morgan fingerprint density at radius 1 is 1.62 bits per heavy atom. The average Bonchev–Trinajstić information content (AvgIpc) is 1.21. The molecule has 0 bridgehead atoms. The van der Waals surface area contributed by atoms with Crippen molar-refractivity contribution in [1.82, 2.24) is 0 Å². The fraction of sp³-hybridized carbons (Fsp3) is 1.00.